The van der Waals surface area contributed by atoms with E-state index in [1.165, 1.54) is 18.2 Å². The van der Waals surface area contributed by atoms with Crippen LogP contribution in [0.15, 0.2) is 23.1 Å². The molecule has 0 saturated heterocycles. The Morgan fingerprint density at radius 1 is 1.35 bits per heavy atom. The summed E-state index contributed by atoms with van der Waals surface area (Å²) in [5.41, 5.74) is 0.0183. The van der Waals surface area contributed by atoms with Crippen LogP contribution in [0.2, 0.25) is 10.2 Å². The Morgan fingerprint density at radius 2 is 2.00 bits per heavy atom. The molecule has 0 fully saturated rings. The fraction of sp³-hybridized carbons (Fsp3) is 0.182. The van der Waals surface area contributed by atoms with Gasteiger partial charge < -0.3 is 0 Å². The second-order valence-electron chi connectivity index (χ2n) is 3.84. The second-order valence-corrected chi connectivity index (χ2v) is 7.11. The van der Waals surface area contributed by atoms with Gasteiger partial charge in [-0.25, -0.2) is 17.5 Å². The highest BCUT2D eigenvalue weighted by molar-refractivity contribution is 8.13. The highest BCUT2D eigenvalue weighted by atomic mass is 35.7. The van der Waals surface area contributed by atoms with E-state index >= 15 is 0 Å². The fourth-order valence-electron chi connectivity index (χ4n) is 1.74. The first-order valence-corrected chi connectivity index (χ1v) is 8.50. The minimum Gasteiger partial charge on any atom is -0.216 e. The van der Waals surface area contributed by atoms with Gasteiger partial charge in [0.2, 0.25) is 0 Å². The predicted octanol–water partition coefficient (Wildman–Crippen LogP) is 3.81. The van der Waals surface area contributed by atoms with Crippen molar-refractivity contribution >= 4 is 42.9 Å². The van der Waals surface area contributed by atoms with Crippen LogP contribution in [-0.4, -0.2) is 18.2 Å². The maximum Gasteiger partial charge on any atom is 0.266 e. The van der Waals surface area contributed by atoms with Crippen LogP contribution in [0, 0.1) is 5.82 Å². The number of rotatable bonds is 3. The van der Waals surface area contributed by atoms with E-state index in [0.717, 1.165) is 4.68 Å². The van der Waals surface area contributed by atoms with Crippen LogP contribution in [0.25, 0.3) is 5.69 Å². The van der Waals surface area contributed by atoms with Gasteiger partial charge in [-0.1, -0.05) is 36.2 Å². The van der Waals surface area contributed by atoms with Crippen LogP contribution in [0.5, 0.6) is 0 Å². The Hall–Kier alpha value is -0.820. The maximum atomic E-state index is 13.9. The SMILES string of the molecule is CCc1nn(-c2c(F)cccc2Cl)c(Cl)c1S(=O)(=O)Cl. The average molecular weight is 358 g/mol. The van der Waals surface area contributed by atoms with Crippen molar-refractivity contribution in [3.63, 3.8) is 0 Å². The van der Waals surface area contributed by atoms with Crippen molar-refractivity contribution in [1.82, 2.24) is 9.78 Å². The molecule has 0 bridgehead atoms. The Morgan fingerprint density at radius 3 is 2.45 bits per heavy atom. The zero-order valence-corrected chi connectivity index (χ0v) is 13.2. The van der Waals surface area contributed by atoms with Crippen LogP contribution >= 0.6 is 33.9 Å². The normalized spacial score (nSPS) is 11.8. The number of nitrogens with zero attached hydrogens (tertiary/aromatic N) is 2. The number of aromatic nitrogens is 2. The zero-order chi connectivity index (χ0) is 15.1. The third kappa shape index (κ3) is 2.65. The van der Waals surface area contributed by atoms with Crippen molar-refractivity contribution < 1.29 is 12.8 Å². The summed E-state index contributed by atoms with van der Waals surface area (Å²) in [5, 5.41) is 3.73. The molecule has 0 spiro atoms. The monoisotopic (exact) mass is 356 g/mol. The summed E-state index contributed by atoms with van der Waals surface area (Å²) in [6, 6.07) is 4.02. The molecule has 0 aliphatic heterocycles. The quantitative estimate of drug-likeness (QED) is 0.785. The molecular formula is C11H8Cl3FN2O2S. The van der Waals surface area contributed by atoms with E-state index in [4.69, 9.17) is 33.9 Å². The van der Waals surface area contributed by atoms with Crippen LogP contribution < -0.4 is 0 Å². The van der Waals surface area contributed by atoms with Crippen molar-refractivity contribution in [2.24, 2.45) is 0 Å². The number of hydrogen-bond acceptors (Lipinski definition) is 3. The topological polar surface area (TPSA) is 52.0 Å². The number of benzene rings is 1. The van der Waals surface area contributed by atoms with Gasteiger partial charge in [-0.2, -0.15) is 5.10 Å². The summed E-state index contributed by atoms with van der Waals surface area (Å²) < 4.78 is 37.9. The van der Waals surface area contributed by atoms with Gasteiger partial charge in [0.15, 0.2) is 5.15 Å². The van der Waals surface area contributed by atoms with Crippen LogP contribution in [0.4, 0.5) is 4.39 Å². The molecule has 0 radical (unpaired) electrons. The highest BCUT2D eigenvalue weighted by Crippen LogP contribution is 2.33. The van der Waals surface area contributed by atoms with Crippen LogP contribution in [0.3, 0.4) is 0 Å². The molecule has 0 aliphatic carbocycles. The van der Waals surface area contributed by atoms with Crippen molar-refractivity contribution in [3.8, 4) is 5.69 Å². The molecule has 0 N–H and O–H groups in total. The highest BCUT2D eigenvalue weighted by Gasteiger charge is 2.27. The molecule has 108 valence electrons. The van der Waals surface area contributed by atoms with E-state index in [9.17, 15) is 12.8 Å². The minimum absolute atomic E-state index is 0.0515. The third-order valence-corrected chi connectivity index (χ3v) is 4.73. The molecule has 0 atom stereocenters. The third-order valence-electron chi connectivity index (χ3n) is 2.58. The summed E-state index contributed by atoms with van der Waals surface area (Å²) in [6.07, 6.45) is 0.264. The minimum atomic E-state index is -4.10. The fourth-order valence-corrected chi connectivity index (χ4v) is 3.88. The van der Waals surface area contributed by atoms with Gasteiger partial charge in [0.05, 0.1) is 10.7 Å². The lowest BCUT2D eigenvalue weighted by Gasteiger charge is -2.06. The molecule has 1 aromatic heterocycles. The van der Waals surface area contributed by atoms with Crippen LogP contribution in [-0.2, 0) is 15.5 Å². The van der Waals surface area contributed by atoms with Gasteiger partial charge in [-0.05, 0) is 18.6 Å². The smallest absolute Gasteiger partial charge is 0.216 e. The Labute approximate surface area is 129 Å². The number of para-hydroxylation sites is 1. The Balaban J connectivity index is 2.82. The maximum absolute atomic E-state index is 13.9. The van der Waals surface area contributed by atoms with E-state index < -0.39 is 14.9 Å². The van der Waals surface area contributed by atoms with Crippen LogP contribution in [0.1, 0.15) is 12.6 Å². The zero-order valence-electron chi connectivity index (χ0n) is 10.1. The first kappa shape index (κ1) is 15.6. The summed E-state index contributed by atoms with van der Waals surface area (Å²) in [4.78, 5) is -0.331. The number of aryl methyl sites for hydroxylation is 1. The van der Waals surface area contributed by atoms with Gasteiger partial charge in [0.1, 0.15) is 16.4 Å². The van der Waals surface area contributed by atoms with Gasteiger partial charge in [-0.3, -0.25) is 0 Å². The van der Waals surface area contributed by atoms with E-state index in [0.29, 0.717) is 0 Å². The molecule has 0 amide bonds. The molecule has 4 nitrogen and oxygen atoms in total. The van der Waals surface area contributed by atoms with E-state index in [-0.39, 0.29) is 32.9 Å². The van der Waals surface area contributed by atoms with Crippen molar-refractivity contribution in [2.45, 2.75) is 18.2 Å². The summed E-state index contributed by atoms with van der Waals surface area (Å²) in [5.74, 6) is -0.678. The Bertz CT molecular complexity index is 754. The lowest BCUT2D eigenvalue weighted by molar-refractivity contribution is 0.607. The molecule has 1 heterocycles. The first-order valence-electron chi connectivity index (χ1n) is 5.43. The van der Waals surface area contributed by atoms with E-state index in [1.54, 1.807) is 6.92 Å². The molecule has 0 saturated carbocycles. The van der Waals surface area contributed by atoms with Crippen molar-refractivity contribution in [1.29, 1.82) is 0 Å². The predicted molar refractivity (Wildman–Crippen MR) is 76.0 cm³/mol. The molecule has 9 heteroatoms. The van der Waals surface area contributed by atoms with E-state index in [2.05, 4.69) is 5.10 Å². The van der Waals surface area contributed by atoms with Crippen molar-refractivity contribution in [3.05, 3.63) is 39.9 Å². The number of halogens is 4. The second kappa shape index (κ2) is 5.52. The number of hydrogen-bond donors (Lipinski definition) is 0. The van der Waals surface area contributed by atoms with Crippen molar-refractivity contribution in [2.75, 3.05) is 0 Å². The standard InChI is InChI=1S/C11H8Cl3FN2O2S/c1-2-8-10(20(14,18)19)11(13)17(16-8)9-6(12)4-3-5-7(9)15/h3-5H,2H2,1H3. The van der Waals surface area contributed by atoms with Gasteiger partial charge in [0.25, 0.3) is 9.05 Å². The van der Waals surface area contributed by atoms with Gasteiger partial charge >= 0.3 is 0 Å². The first-order chi connectivity index (χ1) is 9.27. The molecule has 0 aliphatic rings. The largest absolute Gasteiger partial charge is 0.266 e. The molecule has 1 aromatic carbocycles. The molecular weight excluding hydrogens is 350 g/mol. The molecule has 2 rings (SSSR count). The average Bonchev–Trinajstić information content (AvgIpc) is 2.66. The lowest BCUT2D eigenvalue weighted by atomic mass is 10.3. The van der Waals surface area contributed by atoms with Gasteiger partial charge in [0, 0.05) is 10.7 Å². The molecule has 0 unspecified atom stereocenters. The molecule has 20 heavy (non-hydrogen) atoms. The Kier molecular flexibility index (Phi) is 4.30. The lowest BCUT2D eigenvalue weighted by Crippen LogP contribution is -2.01. The summed E-state index contributed by atoms with van der Waals surface area (Å²) in [6.45, 7) is 1.68. The van der Waals surface area contributed by atoms with Gasteiger partial charge in [-0.15, -0.1) is 0 Å². The summed E-state index contributed by atoms with van der Waals surface area (Å²) >= 11 is 11.9. The van der Waals surface area contributed by atoms with E-state index in [1.807, 2.05) is 0 Å². The molecule has 2 aromatic rings. The summed E-state index contributed by atoms with van der Waals surface area (Å²) in [7, 11) is 1.24.